The molecule has 0 spiro atoms. The molecule has 5 heteroatoms. The summed E-state index contributed by atoms with van der Waals surface area (Å²) in [7, 11) is 0. The first-order valence-corrected chi connectivity index (χ1v) is 5.92. The molecule has 1 aromatic carbocycles. The van der Waals surface area contributed by atoms with Gasteiger partial charge in [-0.1, -0.05) is 0 Å². The highest BCUT2D eigenvalue weighted by atomic mass is 19.1. The number of nitriles is 1. The molecule has 0 unspecified atom stereocenters. The molecule has 0 aliphatic carbocycles. The third-order valence-corrected chi connectivity index (χ3v) is 2.83. The van der Waals surface area contributed by atoms with Crippen molar-refractivity contribution in [1.29, 1.82) is 5.26 Å². The molecule has 1 aliphatic rings. The van der Waals surface area contributed by atoms with Gasteiger partial charge in [0.2, 0.25) is 0 Å². The van der Waals surface area contributed by atoms with Crippen molar-refractivity contribution in [3.63, 3.8) is 0 Å². The third-order valence-electron chi connectivity index (χ3n) is 2.83. The largest absolute Gasteiger partial charge is 0.491 e. The maximum atomic E-state index is 12.9. The van der Waals surface area contributed by atoms with Crippen LogP contribution in [0.15, 0.2) is 18.2 Å². The van der Waals surface area contributed by atoms with Gasteiger partial charge in [0.1, 0.15) is 24.2 Å². The Morgan fingerprint density at radius 3 is 2.89 bits per heavy atom. The smallest absolute Gasteiger partial charge is 0.137 e. The predicted molar refractivity (Wildman–Crippen MR) is 63.9 cm³/mol. The first-order chi connectivity index (χ1) is 8.79. The van der Waals surface area contributed by atoms with E-state index < -0.39 is 5.82 Å². The summed E-state index contributed by atoms with van der Waals surface area (Å²) in [6.45, 7) is 4.57. The van der Waals surface area contributed by atoms with Crippen LogP contribution in [0.2, 0.25) is 0 Å². The molecular weight excluding hydrogens is 235 g/mol. The van der Waals surface area contributed by atoms with Gasteiger partial charge in [0.05, 0.1) is 18.8 Å². The standard InChI is InChI=1S/C13H15FN2O2/c14-12-1-2-13(11(9-12)10-15)18-8-5-16-3-6-17-7-4-16/h1-2,9H,3-8H2. The molecule has 0 aromatic heterocycles. The Kier molecular flexibility index (Phi) is 4.51. The first kappa shape index (κ1) is 12.8. The van der Waals surface area contributed by atoms with Crippen LogP contribution in [0.4, 0.5) is 4.39 Å². The third kappa shape index (κ3) is 3.42. The summed E-state index contributed by atoms with van der Waals surface area (Å²) in [6, 6.07) is 5.90. The Balaban J connectivity index is 1.84. The van der Waals surface area contributed by atoms with E-state index in [0.717, 1.165) is 32.8 Å². The summed E-state index contributed by atoms with van der Waals surface area (Å²) >= 11 is 0. The number of rotatable bonds is 4. The zero-order valence-corrected chi connectivity index (χ0v) is 10.1. The molecule has 1 saturated heterocycles. The predicted octanol–water partition coefficient (Wildman–Crippen LogP) is 1.41. The van der Waals surface area contributed by atoms with Crippen LogP contribution in [0.3, 0.4) is 0 Å². The molecule has 1 fully saturated rings. The van der Waals surface area contributed by atoms with Crippen molar-refractivity contribution >= 4 is 0 Å². The highest BCUT2D eigenvalue weighted by Gasteiger charge is 2.10. The minimum atomic E-state index is -0.424. The fraction of sp³-hybridized carbons (Fsp3) is 0.462. The summed E-state index contributed by atoms with van der Waals surface area (Å²) in [6.07, 6.45) is 0. The van der Waals surface area contributed by atoms with Crippen molar-refractivity contribution in [1.82, 2.24) is 4.90 Å². The van der Waals surface area contributed by atoms with Gasteiger partial charge in [0, 0.05) is 19.6 Å². The van der Waals surface area contributed by atoms with E-state index in [1.54, 1.807) is 0 Å². The van der Waals surface area contributed by atoms with Crippen LogP contribution in [0.5, 0.6) is 5.75 Å². The van der Waals surface area contributed by atoms with Gasteiger partial charge in [-0.3, -0.25) is 4.90 Å². The van der Waals surface area contributed by atoms with Gasteiger partial charge in [-0.15, -0.1) is 0 Å². The van der Waals surface area contributed by atoms with Gasteiger partial charge in [-0.05, 0) is 18.2 Å². The van der Waals surface area contributed by atoms with E-state index in [2.05, 4.69) is 4.90 Å². The monoisotopic (exact) mass is 250 g/mol. The second-order valence-electron chi connectivity index (χ2n) is 4.05. The van der Waals surface area contributed by atoms with Gasteiger partial charge < -0.3 is 9.47 Å². The van der Waals surface area contributed by atoms with Crippen molar-refractivity contribution in [3.05, 3.63) is 29.6 Å². The van der Waals surface area contributed by atoms with Gasteiger partial charge in [0.25, 0.3) is 0 Å². The Hall–Kier alpha value is -1.64. The Bertz CT molecular complexity index is 439. The van der Waals surface area contributed by atoms with Crippen LogP contribution in [0.25, 0.3) is 0 Å². The SMILES string of the molecule is N#Cc1cc(F)ccc1OCCN1CCOCC1. The molecule has 0 bridgehead atoms. The molecule has 96 valence electrons. The van der Waals surface area contributed by atoms with Crippen LogP contribution >= 0.6 is 0 Å². The summed E-state index contributed by atoms with van der Waals surface area (Å²) < 4.78 is 23.7. The second-order valence-corrected chi connectivity index (χ2v) is 4.05. The molecule has 2 rings (SSSR count). The number of halogens is 1. The number of hydrogen-bond donors (Lipinski definition) is 0. The summed E-state index contributed by atoms with van der Waals surface area (Å²) in [5.74, 6) is 0.0132. The van der Waals surface area contributed by atoms with Crippen molar-refractivity contribution in [2.24, 2.45) is 0 Å². The molecular formula is C13H15FN2O2. The second kappa shape index (κ2) is 6.34. The maximum Gasteiger partial charge on any atom is 0.137 e. The molecule has 0 radical (unpaired) electrons. The van der Waals surface area contributed by atoms with E-state index in [1.165, 1.54) is 18.2 Å². The molecule has 0 atom stereocenters. The van der Waals surface area contributed by atoms with Crippen LogP contribution in [-0.4, -0.2) is 44.4 Å². The number of hydrogen-bond acceptors (Lipinski definition) is 4. The van der Waals surface area contributed by atoms with Gasteiger partial charge in [-0.2, -0.15) is 5.26 Å². The number of ether oxygens (including phenoxy) is 2. The molecule has 1 heterocycles. The van der Waals surface area contributed by atoms with Crippen LogP contribution in [-0.2, 0) is 4.74 Å². The minimum absolute atomic E-state index is 0.233. The summed E-state index contributed by atoms with van der Waals surface area (Å²) in [5, 5.41) is 8.87. The quantitative estimate of drug-likeness (QED) is 0.810. The number of morpholine rings is 1. The average molecular weight is 250 g/mol. The highest BCUT2D eigenvalue weighted by Crippen LogP contribution is 2.18. The highest BCUT2D eigenvalue weighted by molar-refractivity contribution is 5.42. The van der Waals surface area contributed by atoms with E-state index in [4.69, 9.17) is 14.7 Å². The van der Waals surface area contributed by atoms with Crippen molar-refractivity contribution in [2.75, 3.05) is 39.5 Å². The lowest BCUT2D eigenvalue weighted by molar-refractivity contribution is 0.0322. The fourth-order valence-electron chi connectivity index (χ4n) is 1.82. The number of benzene rings is 1. The zero-order valence-electron chi connectivity index (χ0n) is 10.1. The lowest BCUT2D eigenvalue weighted by atomic mass is 10.2. The molecule has 0 N–H and O–H groups in total. The van der Waals surface area contributed by atoms with Gasteiger partial charge in [-0.25, -0.2) is 4.39 Å². The van der Waals surface area contributed by atoms with Crippen LogP contribution in [0, 0.1) is 17.1 Å². The molecule has 0 saturated carbocycles. The fourth-order valence-corrected chi connectivity index (χ4v) is 1.82. The van der Waals surface area contributed by atoms with E-state index in [-0.39, 0.29) is 5.56 Å². The minimum Gasteiger partial charge on any atom is -0.491 e. The lowest BCUT2D eigenvalue weighted by Crippen LogP contribution is -2.38. The van der Waals surface area contributed by atoms with E-state index in [9.17, 15) is 4.39 Å². The van der Waals surface area contributed by atoms with Crippen LogP contribution in [0.1, 0.15) is 5.56 Å². The Morgan fingerprint density at radius 2 is 2.17 bits per heavy atom. The average Bonchev–Trinajstić information content (AvgIpc) is 2.41. The maximum absolute atomic E-state index is 12.9. The topological polar surface area (TPSA) is 45.5 Å². The van der Waals surface area contributed by atoms with Crippen molar-refractivity contribution < 1.29 is 13.9 Å². The van der Waals surface area contributed by atoms with Crippen molar-refractivity contribution in [2.45, 2.75) is 0 Å². The van der Waals surface area contributed by atoms with Crippen LogP contribution < -0.4 is 4.74 Å². The van der Waals surface area contributed by atoms with Gasteiger partial charge >= 0.3 is 0 Å². The number of nitrogens with zero attached hydrogens (tertiary/aromatic N) is 2. The Morgan fingerprint density at radius 1 is 1.39 bits per heavy atom. The first-order valence-electron chi connectivity index (χ1n) is 5.92. The van der Waals surface area contributed by atoms with E-state index in [0.29, 0.717) is 12.4 Å². The van der Waals surface area contributed by atoms with E-state index >= 15 is 0 Å². The molecule has 1 aromatic rings. The molecule has 1 aliphatic heterocycles. The van der Waals surface area contributed by atoms with E-state index in [1.807, 2.05) is 6.07 Å². The normalized spacial score (nSPS) is 16.2. The summed E-state index contributed by atoms with van der Waals surface area (Å²) in [5.41, 5.74) is 0.233. The van der Waals surface area contributed by atoms with Gasteiger partial charge in [0.15, 0.2) is 0 Å². The zero-order chi connectivity index (χ0) is 12.8. The summed E-state index contributed by atoms with van der Waals surface area (Å²) in [4.78, 5) is 2.24. The molecule has 0 amide bonds. The lowest BCUT2D eigenvalue weighted by Gasteiger charge is -2.26. The Labute approximate surface area is 106 Å². The molecule has 4 nitrogen and oxygen atoms in total. The van der Waals surface area contributed by atoms with Crippen molar-refractivity contribution in [3.8, 4) is 11.8 Å². The molecule has 18 heavy (non-hydrogen) atoms.